The van der Waals surface area contributed by atoms with Crippen molar-refractivity contribution in [1.82, 2.24) is 4.98 Å². The van der Waals surface area contributed by atoms with Gasteiger partial charge in [0.2, 0.25) is 0 Å². The van der Waals surface area contributed by atoms with Gasteiger partial charge in [-0.25, -0.2) is 0 Å². The largest absolute Gasteiger partial charge is 0.512 e. The van der Waals surface area contributed by atoms with Crippen molar-refractivity contribution >= 4 is 38.5 Å². The number of carbonyl (C=O) groups is 1. The van der Waals surface area contributed by atoms with Crippen molar-refractivity contribution in [1.29, 1.82) is 5.26 Å². The SMILES string of the molecule is CC(=O)/C=C(/C)O.N#Cc1ccc2c(-c3[c-]ccc4c3oc3c(-c5ccccc5)cccc34)nccc2c1.[Ir]. The number of nitrogens with zero attached hydrogens (tertiary/aromatic N) is 2. The zero-order valence-corrected chi connectivity index (χ0v) is 23.6. The first-order valence-electron chi connectivity index (χ1n) is 12.0. The van der Waals surface area contributed by atoms with Gasteiger partial charge < -0.3 is 14.5 Å². The molecule has 0 aliphatic rings. The second-order valence-electron chi connectivity index (χ2n) is 8.85. The number of allylic oxidation sites excluding steroid dienone is 2. The summed E-state index contributed by atoms with van der Waals surface area (Å²) in [4.78, 5) is 14.7. The first-order chi connectivity index (χ1) is 18.5. The number of carbonyl (C=O) groups excluding carboxylic acids is 1. The summed E-state index contributed by atoms with van der Waals surface area (Å²) in [6, 6.07) is 33.6. The third-order valence-electron chi connectivity index (χ3n) is 6.09. The van der Waals surface area contributed by atoms with Gasteiger partial charge in [-0.05, 0) is 54.1 Å². The smallest absolute Gasteiger partial charge is 0.155 e. The average molecular weight is 688 g/mol. The number of hydrogen-bond donors (Lipinski definition) is 1. The van der Waals surface area contributed by atoms with Crippen LogP contribution in [0.3, 0.4) is 0 Å². The first kappa shape index (κ1) is 27.5. The minimum absolute atomic E-state index is 0. The Bertz CT molecular complexity index is 1880. The number of benzene rings is 4. The molecule has 5 nitrogen and oxygen atoms in total. The van der Waals surface area contributed by atoms with E-state index in [1.54, 1.807) is 6.20 Å². The number of aliphatic hydroxyl groups is 1. The van der Waals surface area contributed by atoms with Crippen molar-refractivity contribution in [2.45, 2.75) is 13.8 Å². The van der Waals surface area contributed by atoms with E-state index in [0.29, 0.717) is 5.56 Å². The monoisotopic (exact) mass is 688 g/mol. The molecule has 0 unspecified atom stereocenters. The summed E-state index contributed by atoms with van der Waals surface area (Å²) in [6.07, 6.45) is 2.93. The molecule has 1 radical (unpaired) electrons. The van der Waals surface area contributed by atoms with E-state index in [-0.39, 0.29) is 31.6 Å². The molecule has 4 aromatic carbocycles. The fourth-order valence-electron chi connectivity index (χ4n) is 4.53. The summed E-state index contributed by atoms with van der Waals surface area (Å²) < 4.78 is 6.49. The Morgan fingerprint density at radius 3 is 2.41 bits per heavy atom. The molecule has 39 heavy (non-hydrogen) atoms. The molecule has 1 N–H and O–H groups in total. The molecule has 0 spiro atoms. The summed E-state index contributed by atoms with van der Waals surface area (Å²) >= 11 is 0. The summed E-state index contributed by atoms with van der Waals surface area (Å²) in [7, 11) is 0. The minimum atomic E-state index is -0.125. The van der Waals surface area contributed by atoms with E-state index in [1.165, 1.54) is 19.9 Å². The molecule has 0 bridgehead atoms. The molecular weight excluding hydrogens is 665 g/mol. The number of ketones is 1. The van der Waals surface area contributed by atoms with Gasteiger partial charge in [0.15, 0.2) is 5.78 Å². The molecule has 6 heteroatoms. The van der Waals surface area contributed by atoms with Crippen LogP contribution in [-0.4, -0.2) is 15.9 Å². The normalized spacial score (nSPS) is 10.9. The molecule has 0 amide bonds. The number of hydrogen-bond acceptors (Lipinski definition) is 5. The van der Waals surface area contributed by atoms with E-state index in [0.717, 1.165) is 55.1 Å². The Kier molecular flexibility index (Phi) is 8.36. The van der Waals surface area contributed by atoms with Crippen LogP contribution in [0.4, 0.5) is 0 Å². The summed E-state index contributed by atoms with van der Waals surface area (Å²) in [5.41, 5.74) is 6.05. The van der Waals surface area contributed by atoms with Gasteiger partial charge in [0, 0.05) is 43.3 Å². The van der Waals surface area contributed by atoms with Crippen LogP contribution in [0, 0.1) is 17.4 Å². The topological polar surface area (TPSA) is 87.1 Å². The van der Waals surface area contributed by atoms with Gasteiger partial charge in [-0.15, -0.1) is 18.2 Å². The minimum Gasteiger partial charge on any atom is -0.512 e. The number of fused-ring (bicyclic) bond motifs is 4. The van der Waals surface area contributed by atoms with Crippen LogP contribution in [0.2, 0.25) is 0 Å². The second-order valence-corrected chi connectivity index (χ2v) is 8.85. The van der Waals surface area contributed by atoms with E-state index in [9.17, 15) is 10.1 Å². The molecule has 0 saturated heterocycles. The summed E-state index contributed by atoms with van der Waals surface area (Å²) in [6.45, 7) is 2.85. The maximum Gasteiger partial charge on any atom is 0.155 e. The van der Waals surface area contributed by atoms with Gasteiger partial charge in [0.05, 0.1) is 23.0 Å². The first-order valence-corrected chi connectivity index (χ1v) is 12.0. The van der Waals surface area contributed by atoms with Crippen molar-refractivity contribution in [3.05, 3.63) is 115 Å². The van der Waals surface area contributed by atoms with Gasteiger partial charge >= 0.3 is 0 Å². The van der Waals surface area contributed by atoms with E-state index in [4.69, 9.17) is 9.52 Å². The van der Waals surface area contributed by atoms with Crippen LogP contribution in [0.1, 0.15) is 19.4 Å². The Morgan fingerprint density at radius 1 is 0.949 bits per heavy atom. The molecule has 6 rings (SSSR count). The van der Waals surface area contributed by atoms with Crippen molar-refractivity contribution in [3.63, 3.8) is 0 Å². The number of aromatic nitrogens is 1. The fourth-order valence-corrected chi connectivity index (χ4v) is 4.53. The average Bonchev–Trinajstić information content (AvgIpc) is 3.31. The second kappa shape index (κ2) is 11.9. The van der Waals surface area contributed by atoms with Gasteiger partial charge in [0.25, 0.3) is 0 Å². The Balaban J connectivity index is 0.000000394. The third-order valence-corrected chi connectivity index (χ3v) is 6.09. The summed E-state index contributed by atoms with van der Waals surface area (Å²) in [5, 5.41) is 21.6. The Morgan fingerprint density at radius 2 is 1.72 bits per heavy atom. The fraction of sp³-hybridized carbons (Fsp3) is 0.0606. The molecule has 2 aromatic heterocycles. The predicted octanol–water partition coefficient (Wildman–Crippen LogP) is 8.17. The van der Waals surface area contributed by atoms with Gasteiger partial charge in [0.1, 0.15) is 5.58 Å². The van der Waals surface area contributed by atoms with Crippen molar-refractivity contribution < 1.29 is 34.4 Å². The molecule has 0 aliphatic carbocycles. The van der Waals surface area contributed by atoms with Gasteiger partial charge in [-0.2, -0.15) is 5.26 Å². The number of furan rings is 1. The van der Waals surface area contributed by atoms with Gasteiger partial charge in [-0.3, -0.25) is 4.79 Å². The Hall–Kier alpha value is -4.56. The quantitative estimate of drug-likeness (QED) is 0.115. The molecule has 0 aliphatic heterocycles. The van der Waals surface area contributed by atoms with Crippen molar-refractivity contribution in [3.8, 4) is 28.5 Å². The van der Waals surface area contributed by atoms with Crippen molar-refractivity contribution in [2.75, 3.05) is 0 Å². The van der Waals surface area contributed by atoms with E-state index < -0.39 is 0 Å². The van der Waals surface area contributed by atoms with Crippen LogP contribution in [-0.2, 0) is 24.9 Å². The van der Waals surface area contributed by atoms with Crippen LogP contribution >= 0.6 is 0 Å². The van der Waals surface area contributed by atoms with E-state index in [2.05, 4.69) is 47.5 Å². The predicted molar refractivity (Wildman–Crippen MR) is 151 cm³/mol. The van der Waals surface area contributed by atoms with E-state index in [1.807, 2.05) is 54.6 Å². The third kappa shape index (κ3) is 5.66. The van der Waals surface area contributed by atoms with Crippen molar-refractivity contribution in [2.24, 2.45) is 0 Å². The maximum absolute atomic E-state index is 10.0. The number of para-hydroxylation sites is 1. The molecule has 6 aromatic rings. The maximum atomic E-state index is 10.0. The number of pyridine rings is 1. The van der Waals surface area contributed by atoms with E-state index >= 15 is 0 Å². The molecule has 0 saturated carbocycles. The van der Waals surface area contributed by atoms with Crippen LogP contribution in [0.5, 0.6) is 0 Å². The van der Waals surface area contributed by atoms with Crippen LogP contribution in [0.25, 0.3) is 55.1 Å². The van der Waals surface area contributed by atoms with Crippen LogP contribution in [0.15, 0.2) is 107 Å². The number of aliphatic hydroxyl groups excluding tert-OH is 1. The zero-order valence-electron chi connectivity index (χ0n) is 21.2. The van der Waals surface area contributed by atoms with Crippen LogP contribution < -0.4 is 0 Å². The molecule has 2 heterocycles. The van der Waals surface area contributed by atoms with Gasteiger partial charge in [-0.1, -0.05) is 65.5 Å². The number of rotatable bonds is 3. The summed E-state index contributed by atoms with van der Waals surface area (Å²) in [5.74, 6) is -0.0625. The standard InChI is InChI=1S/C28H15N2O.C5H8O2.Ir/c29-17-18-12-13-21-20(16-18)14-15-30-26(21)25-11-5-10-24-23-9-4-8-22(27(23)31-28(24)25)19-6-2-1-3-7-19;1-4(6)3-5(2)7;/h1-10,12-16H;3,6H,1-2H3;/q-1;;/b;4-3-;. The molecule has 0 fully saturated rings. The number of nitriles is 1. The zero-order chi connectivity index (χ0) is 26.6. The molecule has 0 atom stereocenters. The molecule has 193 valence electrons. The Labute approximate surface area is 239 Å². The molecular formula is C33H23IrN2O3-.